The van der Waals surface area contributed by atoms with E-state index in [-0.39, 0.29) is 18.3 Å². The normalized spacial score (nSPS) is 14.5. The number of nitrogens with zero attached hydrogens (tertiary/aromatic N) is 1. The molecule has 1 fully saturated rings. The van der Waals surface area contributed by atoms with Crippen molar-refractivity contribution in [1.29, 1.82) is 0 Å². The Balaban J connectivity index is 0.00000261. The maximum absolute atomic E-state index is 11.9. The molecule has 0 aromatic heterocycles. The van der Waals surface area contributed by atoms with Gasteiger partial charge < -0.3 is 20.3 Å². The van der Waals surface area contributed by atoms with E-state index in [9.17, 15) is 4.79 Å². The van der Waals surface area contributed by atoms with Crippen molar-refractivity contribution in [2.75, 3.05) is 45.9 Å². The molecule has 0 saturated carbocycles. The third-order valence-corrected chi connectivity index (χ3v) is 4.74. The van der Waals surface area contributed by atoms with E-state index in [1.54, 1.807) is 0 Å². The number of piperazine rings is 1. The molecule has 1 amide bonds. The number of carbonyl (C=O) groups excluding carboxylic acids is 1. The highest BCUT2D eigenvalue weighted by molar-refractivity contribution is 5.88. The second-order valence-electron chi connectivity index (χ2n) is 6.72. The fourth-order valence-electron chi connectivity index (χ4n) is 3.29. The van der Waals surface area contributed by atoms with Crippen LogP contribution in [0.25, 0.3) is 10.8 Å². The Bertz CT molecular complexity index is 699. The van der Waals surface area contributed by atoms with Crippen LogP contribution in [0.2, 0.25) is 0 Å². The van der Waals surface area contributed by atoms with Crippen LogP contribution in [0.4, 0.5) is 0 Å². The van der Waals surface area contributed by atoms with E-state index in [1.807, 2.05) is 24.3 Å². The van der Waals surface area contributed by atoms with Crippen molar-refractivity contribution < 1.29 is 9.53 Å². The smallest absolute Gasteiger partial charge is 0.220 e. The third kappa shape index (κ3) is 7.01. The van der Waals surface area contributed by atoms with Gasteiger partial charge in [-0.3, -0.25) is 4.79 Å². The largest absolute Gasteiger partial charge is 0.493 e. The fraction of sp³-hybridized carbons (Fsp3) is 0.476. The summed E-state index contributed by atoms with van der Waals surface area (Å²) in [6, 6.07) is 14.3. The number of halogens is 1. The number of hydrogen-bond acceptors (Lipinski definition) is 4. The van der Waals surface area contributed by atoms with Gasteiger partial charge in [-0.2, -0.15) is 0 Å². The summed E-state index contributed by atoms with van der Waals surface area (Å²) in [6.07, 6.45) is 2.25. The summed E-state index contributed by atoms with van der Waals surface area (Å²) >= 11 is 0. The van der Waals surface area contributed by atoms with Crippen molar-refractivity contribution in [2.45, 2.75) is 19.3 Å². The number of amides is 1. The van der Waals surface area contributed by atoms with Crippen molar-refractivity contribution >= 4 is 29.1 Å². The second-order valence-corrected chi connectivity index (χ2v) is 6.72. The fourth-order valence-corrected chi connectivity index (χ4v) is 3.29. The van der Waals surface area contributed by atoms with Gasteiger partial charge in [0.1, 0.15) is 5.75 Å². The first-order chi connectivity index (χ1) is 12.8. The molecule has 2 aromatic carbocycles. The van der Waals surface area contributed by atoms with Gasteiger partial charge in [0.25, 0.3) is 0 Å². The van der Waals surface area contributed by atoms with E-state index in [2.05, 4.69) is 33.7 Å². The zero-order valence-corrected chi connectivity index (χ0v) is 16.6. The first kappa shape index (κ1) is 21.5. The summed E-state index contributed by atoms with van der Waals surface area (Å²) in [7, 11) is 0. The Kier molecular flexibility index (Phi) is 9.39. The van der Waals surface area contributed by atoms with E-state index < -0.39 is 0 Å². The SMILES string of the molecule is Cl.O=C(CCCOc1cccc2ccccc12)NCCCN1CCNCC1. The predicted molar refractivity (Wildman–Crippen MR) is 113 cm³/mol. The molecule has 0 radical (unpaired) electrons. The number of ether oxygens (including phenoxy) is 1. The third-order valence-electron chi connectivity index (χ3n) is 4.74. The maximum Gasteiger partial charge on any atom is 0.220 e. The van der Waals surface area contributed by atoms with Gasteiger partial charge in [0.15, 0.2) is 0 Å². The van der Waals surface area contributed by atoms with Gasteiger partial charge in [-0.05, 0) is 30.8 Å². The van der Waals surface area contributed by atoms with Gasteiger partial charge in [0, 0.05) is 44.5 Å². The lowest BCUT2D eigenvalue weighted by molar-refractivity contribution is -0.121. The molecule has 1 heterocycles. The van der Waals surface area contributed by atoms with E-state index in [1.165, 1.54) is 5.39 Å². The van der Waals surface area contributed by atoms with Crippen molar-refractivity contribution in [2.24, 2.45) is 0 Å². The Labute approximate surface area is 167 Å². The first-order valence-corrected chi connectivity index (χ1v) is 9.63. The summed E-state index contributed by atoms with van der Waals surface area (Å²) < 4.78 is 5.88. The summed E-state index contributed by atoms with van der Waals surface area (Å²) in [5.41, 5.74) is 0. The highest BCUT2D eigenvalue weighted by Gasteiger charge is 2.09. The van der Waals surface area contributed by atoms with Gasteiger partial charge in [-0.1, -0.05) is 36.4 Å². The van der Waals surface area contributed by atoms with Crippen molar-refractivity contribution in [3.8, 4) is 5.75 Å². The first-order valence-electron chi connectivity index (χ1n) is 9.63. The summed E-state index contributed by atoms with van der Waals surface area (Å²) in [4.78, 5) is 14.4. The van der Waals surface area contributed by atoms with Crippen molar-refractivity contribution in [3.63, 3.8) is 0 Å². The van der Waals surface area contributed by atoms with Crippen molar-refractivity contribution in [1.82, 2.24) is 15.5 Å². The Morgan fingerprint density at radius 3 is 2.70 bits per heavy atom. The number of nitrogens with one attached hydrogen (secondary N) is 2. The van der Waals surface area contributed by atoms with Crippen LogP contribution >= 0.6 is 12.4 Å². The van der Waals surface area contributed by atoms with E-state index >= 15 is 0 Å². The molecule has 6 heteroatoms. The van der Waals surface area contributed by atoms with Crippen LogP contribution in [-0.2, 0) is 4.79 Å². The zero-order chi connectivity index (χ0) is 18.0. The van der Waals surface area contributed by atoms with Crippen LogP contribution < -0.4 is 15.4 Å². The molecule has 1 saturated heterocycles. The average molecular weight is 392 g/mol. The monoisotopic (exact) mass is 391 g/mol. The minimum Gasteiger partial charge on any atom is -0.493 e. The zero-order valence-electron chi connectivity index (χ0n) is 15.8. The molecule has 0 aliphatic carbocycles. The molecule has 1 aliphatic heterocycles. The van der Waals surface area contributed by atoms with E-state index in [4.69, 9.17) is 4.74 Å². The van der Waals surface area contributed by atoms with Crippen LogP contribution in [0.5, 0.6) is 5.75 Å². The Hall–Kier alpha value is -1.82. The lowest BCUT2D eigenvalue weighted by Crippen LogP contribution is -2.44. The van der Waals surface area contributed by atoms with Crippen molar-refractivity contribution in [3.05, 3.63) is 42.5 Å². The van der Waals surface area contributed by atoms with Crippen LogP contribution in [0.3, 0.4) is 0 Å². The molecular formula is C21H30ClN3O2. The number of hydrogen-bond donors (Lipinski definition) is 2. The van der Waals surface area contributed by atoms with Gasteiger partial charge in [0.2, 0.25) is 5.91 Å². The summed E-state index contributed by atoms with van der Waals surface area (Å²) in [5.74, 6) is 1.01. The Morgan fingerprint density at radius 2 is 1.85 bits per heavy atom. The quantitative estimate of drug-likeness (QED) is 0.645. The highest BCUT2D eigenvalue weighted by atomic mass is 35.5. The topological polar surface area (TPSA) is 53.6 Å². The minimum atomic E-state index is 0. The average Bonchev–Trinajstić information content (AvgIpc) is 2.69. The maximum atomic E-state index is 11.9. The summed E-state index contributed by atoms with van der Waals surface area (Å²) in [6.45, 7) is 6.74. The molecule has 148 valence electrons. The van der Waals surface area contributed by atoms with Crippen LogP contribution in [0.15, 0.2) is 42.5 Å². The number of benzene rings is 2. The molecule has 1 aliphatic rings. The molecule has 27 heavy (non-hydrogen) atoms. The van der Waals surface area contributed by atoms with Crippen LogP contribution in [-0.4, -0.2) is 56.7 Å². The molecule has 0 unspecified atom stereocenters. The molecule has 0 bridgehead atoms. The summed E-state index contributed by atoms with van der Waals surface area (Å²) in [5, 5.41) is 8.66. The molecular weight excluding hydrogens is 362 g/mol. The van der Waals surface area contributed by atoms with Gasteiger partial charge >= 0.3 is 0 Å². The molecule has 3 rings (SSSR count). The number of fused-ring (bicyclic) bond motifs is 1. The van der Waals surface area contributed by atoms with Crippen LogP contribution in [0, 0.1) is 0 Å². The highest BCUT2D eigenvalue weighted by Crippen LogP contribution is 2.25. The molecule has 2 N–H and O–H groups in total. The van der Waals surface area contributed by atoms with Gasteiger partial charge in [-0.15, -0.1) is 12.4 Å². The lowest BCUT2D eigenvalue weighted by atomic mass is 10.1. The van der Waals surface area contributed by atoms with Gasteiger partial charge in [0.05, 0.1) is 6.61 Å². The predicted octanol–water partition coefficient (Wildman–Crippen LogP) is 2.83. The lowest BCUT2D eigenvalue weighted by Gasteiger charge is -2.27. The minimum absolute atomic E-state index is 0. The Morgan fingerprint density at radius 1 is 1.07 bits per heavy atom. The standard InChI is InChI=1S/C21H29N3O2.ClH/c25-21(23-11-5-14-24-15-12-22-13-16-24)10-4-17-26-20-9-3-7-18-6-1-2-8-19(18)20;/h1-3,6-9,22H,4-5,10-17H2,(H,23,25);1H. The molecule has 5 nitrogen and oxygen atoms in total. The molecule has 2 aromatic rings. The van der Waals surface area contributed by atoms with E-state index in [0.29, 0.717) is 13.0 Å². The molecule has 0 spiro atoms. The van der Waals surface area contributed by atoms with Crippen LogP contribution in [0.1, 0.15) is 19.3 Å². The van der Waals surface area contributed by atoms with Gasteiger partial charge in [-0.25, -0.2) is 0 Å². The second kappa shape index (κ2) is 11.8. The molecule has 0 atom stereocenters. The number of carbonyl (C=O) groups is 1. The number of rotatable bonds is 9. The van der Waals surface area contributed by atoms with E-state index in [0.717, 1.165) is 63.2 Å².